The molecule has 4 aromatic rings. The fraction of sp³-hybridized carbons (Fsp3) is 0.0435. The zero-order chi connectivity index (χ0) is 18.8. The average Bonchev–Trinajstić information content (AvgIpc) is 2.69. The van der Waals surface area contributed by atoms with Gasteiger partial charge in [-0.15, -0.1) is 0 Å². The number of hydrogen-bond donors (Lipinski definition) is 1. The predicted octanol–water partition coefficient (Wildman–Crippen LogP) is 6.12. The standard InChI is InChI=1S/C23H17ClN2O/c1-15-8-2-6-12-20(15)26-23(27)18-14-22(17-10-3-5-11-19(17)24)25-21-13-7-4-9-16(18)21/h2-14H,1H3,(H,26,27). The number of pyridine rings is 1. The van der Waals surface area contributed by atoms with Gasteiger partial charge >= 0.3 is 0 Å². The number of hydrogen-bond acceptors (Lipinski definition) is 2. The molecular weight excluding hydrogens is 356 g/mol. The van der Waals surface area contributed by atoms with Gasteiger partial charge in [-0.3, -0.25) is 4.79 Å². The minimum absolute atomic E-state index is 0.170. The highest BCUT2D eigenvalue weighted by molar-refractivity contribution is 6.33. The van der Waals surface area contributed by atoms with Gasteiger partial charge in [0.2, 0.25) is 0 Å². The quantitative estimate of drug-likeness (QED) is 0.471. The van der Waals surface area contributed by atoms with Crippen molar-refractivity contribution in [3.8, 4) is 11.3 Å². The van der Waals surface area contributed by atoms with E-state index >= 15 is 0 Å². The molecule has 0 saturated heterocycles. The fourth-order valence-electron chi connectivity index (χ4n) is 3.07. The van der Waals surface area contributed by atoms with Crippen LogP contribution in [0.25, 0.3) is 22.2 Å². The molecule has 0 aliphatic carbocycles. The fourth-order valence-corrected chi connectivity index (χ4v) is 3.31. The summed E-state index contributed by atoms with van der Waals surface area (Å²) in [7, 11) is 0. The molecular formula is C23H17ClN2O. The molecule has 27 heavy (non-hydrogen) atoms. The van der Waals surface area contributed by atoms with Gasteiger partial charge in [-0.25, -0.2) is 4.98 Å². The van der Waals surface area contributed by atoms with Crippen LogP contribution in [0.4, 0.5) is 5.69 Å². The molecule has 1 heterocycles. The Kier molecular flexibility index (Phi) is 4.61. The first-order chi connectivity index (χ1) is 13.1. The van der Waals surface area contributed by atoms with Crippen LogP contribution in [0.3, 0.4) is 0 Å². The molecule has 0 atom stereocenters. The first kappa shape index (κ1) is 17.3. The highest BCUT2D eigenvalue weighted by Gasteiger charge is 2.15. The second-order valence-corrected chi connectivity index (χ2v) is 6.73. The van der Waals surface area contributed by atoms with Crippen molar-refractivity contribution in [2.75, 3.05) is 5.32 Å². The molecule has 0 aliphatic rings. The first-order valence-corrected chi connectivity index (χ1v) is 9.03. The van der Waals surface area contributed by atoms with Crippen LogP contribution in [-0.2, 0) is 0 Å². The zero-order valence-corrected chi connectivity index (χ0v) is 15.5. The summed E-state index contributed by atoms with van der Waals surface area (Å²) >= 11 is 6.35. The van der Waals surface area contributed by atoms with Crippen LogP contribution in [-0.4, -0.2) is 10.9 Å². The molecule has 3 aromatic carbocycles. The second-order valence-electron chi connectivity index (χ2n) is 6.32. The van der Waals surface area contributed by atoms with Gasteiger partial charge in [0.1, 0.15) is 0 Å². The number of carbonyl (C=O) groups is 1. The third kappa shape index (κ3) is 3.42. The Balaban J connectivity index is 1.85. The molecule has 1 aromatic heterocycles. The maximum atomic E-state index is 13.1. The van der Waals surface area contributed by atoms with E-state index in [1.165, 1.54) is 0 Å². The predicted molar refractivity (Wildman–Crippen MR) is 111 cm³/mol. The van der Waals surface area contributed by atoms with E-state index in [2.05, 4.69) is 5.32 Å². The second kappa shape index (κ2) is 7.22. The molecule has 4 heteroatoms. The topological polar surface area (TPSA) is 42.0 Å². The van der Waals surface area contributed by atoms with Crippen molar-refractivity contribution in [1.29, 1.82) is 0 Å². The van der Waals surface area contributed by atoms with Gasteiger partial charge in [0.25, 0.3) is 5.91 Å². The van der Waals surface area contributed by atoms with Crippen LogP contribution < -0.4 is 5.32 Å². The van der Waals surface area contributed by atoms with Crippen LogP contribution >= 0.6 is 11.6 Å². The molecule has 0 bridgehead atoms. The van der Waals surface area contributed by atoms with Gasteiger partial charge in [-0.05, 0) is 36.8 Å². The number of fused-ring (bicyclic) bond motifs is 1. The number of aryl methyl sites for hydroxylation is 1. The van der Waals surface area contributed by atoms with Crippen molar-refractivity contribution in [2.45, 2.75) is 6.92 Å². The van der Waals surface area contributed by atoms with Crippen molar-refractivity contribution in [3.05, 3.63) is 95.0 Å². The Morgan fingerprint density at radius 1 is 0.926 bits per heavy atom. The number of anilines is 1. The molecule has 4 rings (SSSR count). The van der Waals surface area contributed by atoms with E-state index in [0.29, 0.717) is 16.3 Å². The summed E-state index contributed by atoms with van der Waals surface area (Å²) in [6, 6.07) is 24.7. The summed E-state index contributed by atoms with van der Waals surface area (Å²) < 4.78 is 0. The van der Waals surface area contributed by atoms with Crippen molar-refractivity contribution in [1.82, 2.24) is 4.98 Å². The average molecular weight is 373 g/mol. The van der Waals surface area contributed by atoms with Gasteiger partial charge in [-0.2, -0.15) is 0 Å². The van der Waals surface area contributed by atoms with Gasteiger partial charge < -0.3 is 5.32 Å². The number of aromatic nitrogens is 1. The summed E-state index contributed by atoms with van der Waals surface area (Å²) in [6.45, 7) is 1.97. The van der Waals surface area contributed by atoms with Crippen LogP contribution in [0.1, 0.15) is 15.9 Å². The number of nitrogens with one attached hydrogen (secondary N) is 1. The SMILES string of the molecule is Cc1ccccc1NC(=O)c1cc(-c2ccccc2Cl)nc2ccccc12. The minimum Gasteiger partial charge on any atom is -0.322 e. The summed E-state index contributed by atoms with van der Waals surface area (Å²) in [5.41, 5.74) is 4.60. The Morgan fingerprint density at radius 3 is 2.44 bits per heavy atom. The summed E-state index contributed by atoms with van der Waals surface area (Å²) in [4.78, 5) is 17.8. The summed E-state index contributed by atoms with van der Waals surface area (Å²) in [6.07, 6.45) is 0. The lowest BCUT2D eigenvalue weighted by Gasteiger charge is -2.12. The lowest BCUT2D eigenvalue weighted by Crippen LogP contribution is -2.14. The van der Waals surface area contributed by atoms with Gasteiger partial charge in [0.05, 0.1) is 16.8 Å². The number of rotatable bonds is 3. The van der Waals surface area contributed by atoms with Gasteiger partial charge in [0, 0.05) is 21.7 Å². The molecule has 0 aliphatic heterocycles. The molecule has 132 valence electrons. The van der Waals surface area contributed by atoms with Crippen molar-refractivity contribution >= 4 is 34.1 Å². The molecule has 0 radical (unpaired) electrons. The molecule has 1 N–H and O–H groups in total. The third-order valence-electron chi connectivity index (χ3n) is 4.50. The number of para-hydroxylation sites is 2. The Labute approximate surface area is 162 Å². The highest BCUT2D eigenvalue weighted by Crippen LogP contribution is 2.30. The van der Waals surface area contributed by atoms with Crippen LogP contribution in [0, 0.1) is 6.92 Å². The van der Waals surface area contributed by atoms with E-state index in [-0.39, 0.29) is 5.91 Å². The monoisotopic (exact) mass is 372 g/mol. The lowest BCUT2D eigenvalue weighted by atomic mass is 10.0. The van der Waals surface area contributed by atoms with Gasteiger partial charge in [0.15, 0.2) is 0 Å². The van der Waals surface area contributed by atoms with Crippen molar-refractivity contribution in [3.63, 3.8) is 0 Å². The van der Waals surface area contributed by atoms with E-state index < -0.39 is 0 Å². The maximum Gasteiger partial charge on any atom is 0.256 e. The van der Waals surface area contributed by atoms with Crippen molar-refractivity contribution < 1.29 is 4.79 Å². The minimum atomic E-state index is -0.170. The van der Waals surface area contributed by atoms with Crippen LogP contribution in [0.15, 0.2) is 78.9 Å². The number of benzene rings is 3. The Hall–Kier alpha value is -3.17. The smallest absolute Gasteiger partial charge is 0.256 e. The maximum absolute atomic E-state index is 13.1. The summed E-state index contributed by atoms with van der Waals surface area (Å²) in [5.74, 6) is -0.170. The van der Waals surface area contributed by atoms with E-state index in [4.69, 9.17) is 16.6 Å². The Morgan fingerprint density at radius 2 is 1.63 bits per heavy atom. The van der Waals surface area contributed by atoms with Crippen LogP contribution in [0.2, 0.25) is 5.02 Å². The third-order valence-corrected chi connectivity index (χ3v) is 4.83. The van der Waals surface area contributed by atoms with E-state index in [9.17, 15) is 4.79 Å². The largest absolute Gasteiger partial charge is 0.322 e. The Bertz CT molecular complexity index is 1150. The first-order valence-electron chi connectivity index (χ1n) is 8.65. The molecule has 0 unspecified atom stereocenters. The van der Waals surface area contributed by atoms with Gasteiger partial charge in [-0.1, -0.05) is 66.2 Å². The van der Waals surface area contributed by atoms with Crippen molar-refractivity contribution in [2.24, 2.45) is 0 Å². The zero-order valence-electron chi connectivity index (χ0n) is 14.7. The molecule has 1 amide bonds. The van der Waals surface area contributed by atoms with E-state index in [1.54, 1.807) is 6.07 Å². The highest BCUT2D eigenvalue weighted by atomic mass is 35.5. The molecule has 0 saturated carbocycles. The summed E-state index contributed by atoms with van der Waals surface area (Å²) in [5, 5.41) is 4.42. The molecule has 0 spiro atoms. The van der Waals surface area contributed by atoms with E-state index in [0.717, 1.165) is 27.7 Å². The number of nitrogens with zero attached hydrogens (tertiary/aromatic N) is 1. The van der Waals surface area contributed by atoms with Crippen LogP contribution in [0.5, 0.6) is 0 Å². The number of amides is 1. The van der Waals surface area contributed by atoms with E-state index in [1.807, 2.05) is 79.7 Å². The lowest BCUT2D eigenvalue weighted by molar-refractivity contribution is 0.102. The normalized spacial score (nSPS) is 10.7. The molecule has 0 fully saturated rings. The number of halogens is 1. The number of carbonyl (C=O) groups excluding carboxylic acids is 1. The molecule has 3 nitrogen and oxygen atoms in total.